The minimum atomic E-state index is -0.332. The highest BCUT2D eigenvalue weighted by molar-refractivity contribution is 6.00. The van der Waals surface area contributed by atoms with E-state index in [2.05, 4.69) is 5.32 Å². The first-order valence-electron chi connectivity index (χ1n) is 9.14. The zero-order valence-corrected chi connectivity index (χ0v) is 15.3. The average Bonchev–Trinajstić information content (AvgIpc) is 3.02. The van der Waals surface area contributed by atoms with Crippen molar-refractivity contribution in [3.63, 3.8) is 0 Å². The van der Waals surface area contributed by atoms with Crippen molar-refractivity contribution in [2.24, 2.45) is 5.92 Å². The number of nitrogens with one attached hydrogen (secondary N) is 1. The van der Waals surface area contributed by atoms with Gasteiger partial charge in [-0.3, -0.25) is 9.59 Å². The van der Waals surface area contributed by atoms with E-state index >= 15 is 0 Å². The normalized spacial score (nSPS) is 19.1. The van der Waals surface area contributed by atoms with E-state index in [4.69, 9.17) is 14.2 Å². The highest BCUT2D eigenvalue weighted by atomic mass is 16.6. The molecule has 0 unspecified atom stereocenters. The molecular weight excluding hydrogens is 336 g/mol. The molecule has 2 aliphatic rings. The molecule has 1 fully saturated rings. The van der Waals surface area contributed by atoms with E-state index in [0.29, 0.717) is 44.4 Å². The Morgan fingerprint density at radius 1 is 1.31 bits per heavy atom. The van der Waals surface area contributed by atoms with Crippen molar-refractivity contribution in [3.05, 3.63) is 18.2 Å². The molecule has 142 valence electrons. The van der Waals surface area contributed by atoms with Gasteiger partial charge in [-0.25, -0.2) is 0 Å². The maximum atomic E-state index is 12.4. The van der Waals surface area contributed by atoms with Gasteiger partial charge >= 0.3 is 0 Å². The van der Waals surface area contributed by atoms with Crippen LogP contribution in [0.1, 0.15) is 26.7 Å². The van der Waals surface area contributed by atoms with Crippen LogP contribution in [0.3, 0.4) is 0 Å². The van der Waals surface area contributed by atoms with Crippen molar-refractivity contribution in [3.8, 4) is 11.5 Å². The molecule has 7 heteroatoms. The van der Waals surface area contributed by atoms with Crippen LogP contribution < -0.4 is 19.7 Å². The third-order valence-electron chi connectivity index (χ3n) is 4.40. The third-order valence-corrected chi connectivity index (χ3v) is 4.40. The predicted octanol–water partition coefficient (Wildman–Crippen LogP) is 1.74. The van der Waals surface area contributed by atoms with Gasteiger partial charge in [-0.2, -0.15) is 0 Å². The van der Waals surface area contributed by atoms with Gasteiger partial charge in [0, 0.05) is 37.9 Å². The van der Waals surface area contributed by atoms with Crippen molar-refractivity contribution >= 4 is 17.5 Å². The minimum Gasteiger partial charge on any atom is -0.486 e. The zero-order chi connectivity index (χ0) is 18.5. The second kappa shape index (κ2) is 8.40. The molecule has 0 bridgehead atoms. The first-order chi connectivity index (χ1) is 12.5. The van der Waals surface area contributed by atoms with E-state index in [1.54, 1.807) is 17.0 Å². The van der Waals surface area contributed by atoms with Crippen molar-refractivity contribution in [2.45, 2.75) is 32.8 Å². The second-order valence-corrected chi connectivity index (χ2v) is 6.80. The van der Waals surface area contributed by atoms with Gasteiger partial charge in [0.1, 0.15) is 13.2 Å². The molecule has 0 saturated carbocycles. The summed E-state index contributed by atoms with van der Waals surface area (Å²) in [6, 6.07) is 5.43. The number of carbonyl (C=O) groups excluding carboxylic acids is 2. The molecule has 0 spiro atoms. The molecule has 1 aromatic rings. The highest BCUT2D eigenvalue weighted by Gasteiger charge is 2.35. The number of rotatable bonds is 7. The van der Waals surface area contributed by atoms with Gasteiger partial charge in [0.05, 0.1) is 12.0 Å². The van der Waals surface area contributed by atoms with Gasteiger partial charge in [0.2, 0.25) is 11.8 Å². The van der Waals surface area contributed by atoms with Gasteiger partial charge in [0.25, 0.3) is 0 Å². The second-order valence-electron chi connectivity index (χ2n) is 6.80. The number of fused-ring (bicyclic) bond motifs is 1. The fourth-order valence-corrected chi connectivity index (χ4v) is 3.08. The van der Waals surface area contributed by atoms with Crippen LogP contribution in [0.5, 0.6) is 11.5 Å². The van der Waals surface area contributed by atoms with Crippen molar-refractivity contribution in [1.29, 1.82) is 0 Å². The standard InChI is InChI=1S/C19H26N2O5/c1-13(2)24-7-3-6-20-19(23)14-10-18(22)21(12-14)15-4-5-16-17(11-15)26-9-8-25-16/h4-5,11,13-14H,3,6-10,12H2,1-2H3,(H,20,23)/t14-/m0/s1. The van der Waals surface area contributed by atoms with Crippen LogP contribution in [-0.2, 0) is 14.3 Å². The number of anilines is 1. The Bertz CT molecular complexity index is 661. The van der Waals surface area contributed by atoms with Crippen LogP contribution in [-0.4, -0.2) is 50.8 Å². The van der Waals surface area contributed by atoms with E-state index in [9.17, 15) is 9.59 Å². The monoisotopic (exact) mass is 362 g/mol. The first kappa shape index (κ1) is 18.5. The Morgan fingerprint density at radius 3 is 2.85 bits per heavy atom. The summed E-state index contributed by atoms with van der Waals surface area (Å²) in [4.78, 5) is 26.3. The SMILES string of the molecule is CC(C)OCCCNC(=O)[C@H]1CC(=O)N(c2ccc3c(c2)OCCO3)C1. The number of carbonyl (C=O) groups is 2. The molecule has 3 rings (SSSR count). The summed E-state index contributed by atoms with van der Waals surface area (Å²) in [5.41, 5.74) is 0.736. The van der Waals surface area contributed by atoms with Gasteiger partial charge in [0.15, 0.2) is 11.5 Å². The predicted molar refractivity (Wildman–Crippen MR) is 96.6 cm³/mol. The smallest absolute Gasteiger partial charge is 0.227 e. The molecular formula is C19H26N2O5. The van der Waals surface area contributed by atoms with Gasteiger partial charge in [-0.1, -0.05) is 0 Å². The lowest BCUT2D eigenvalue weighted by Gasteiger charge is -2.22. The van der Waals surface area contributed by atoms with Crippen LogP contribution in [0.2, 0.25) is 0 Å². The van der Waals surface area contributed by atoms with Crippen LogP contribution in [0, 0.1) is 5.92 Å². The largest absolute Gasteiger partial charge is 0.486 e. The highest BCUT2D eigenvalue weighted by Crippen LogP contribution is 2.35. The summed E-state index contributed by atoms with van der Waals surface area (Å²) < 4.78 is 16.5. The van der Waals surface area contributed by atoms with E-state index in [1.165, 1.54) is 0 Å². The number of hydrogen-bond acceptors (Lipinski definition) is 5. The van der Waals surface area contributed by atoms with Crippen LogP contribution in [0.25, 0.3) is 0 Å². The zero-order valence-electron chi connectivity index (χ0n) is 15.3. The number of hydrogen-bond donors (Lipinski definition) is 1. The summed E-state index contributed by atoms with van der Waals surface area (Å²) in [6.07, 6.45) is 1.18. The van der Waals surface area contributed by atoms with Crippen LogP contribution in [0.4, 0.5) is 5.69 Å². The van der Waals surface area contributed by atoms with Gasteiger partial charge in [-0.15, -0.1) is 0 Å². The lowest BCUT2D eigenvalue weighted by atomic mass is 10.1. The molecule has 0 radical (unpaired) electrons. The summed E-state index contributed by atoms with van der Waals surface area (Å²) in [7, 11) is 0. The third kappa shape index (κ3) is 4.46. The summed E-state index contributed by atoms with van der Waals surface area (Å²) >= 11 is 0. The molecule has 0 aromatic heterocycles. The van der Waals surface area contributed by atoms with Crippen LogP contribution in [0.15, 0.2) is 18.2 Å². The van der Waals surface area contributed by atoms with Gasteiger partial charge in [-0.05, 0) is 32.4 Å². The molecule has 1 aromatic carbocycles. The molecule has 2 heterocycles. The quantitative estimate of drug-likeness (QED) is 0.748. The Balaban J connectivity index is 1.52. The molecule has 1 N–H and O–H groups in total. The fourth-order valence-electron chi connectivity index (χ4n) is 3.08. The summed E-state index contributed by atoms with van der Waals surface area (Å²) in [6.45, 7) is 6.54. The van der Waals surface area contributed by atoms with E-state index in [-0.39, 0.29) is 30.3 Å². The van der Waals surface area contributed by atoms with Crippen molar-refractivity contribution < 1.29 is 23.8 Å². The Hall–Kier alpha value is -2.28. The molecule has 2 amide bonds. The molecule has 0 aliphatic carbocycles. The summed E-state index contributed by atoms with van der Waals surface area (Å²) in [5, 5.41) is 2.90. The van der Waals surface area contributed by atoms with Crippen molar-refractivity contribution in [1.82, 2.24) is 5.32 Å². The van der Waals surface area contributed by atoms with E-state index in [0.717, 1.165) is 12.1 Å². The fraction of sp³-hybridized carbons (Fsp3) is 0.579. The minimum absolute atomic E-state index is 0.0510. The maximum Gasteiger partial charge on any atom is 0.227 e. The molecule has 1 saturated heterocycles. The number of amides is 2. The average molecular weight is 362 g/mol. The number of ether oxygens (including phenoxy) is 3. The molecule has 2 aliphatic heterocycles. The number of nitrogens with zero attached hydrogens (tertiary/aromatic N) is 1. The van der Waals surface area contributed by atoms with Gasteiger partial charge < -0.3 is 24.4 Å². The molecule has 1 atom stereocenters. The lowest BCUT2D eigenvalue weighted by molar-refractivity contribution is -0.126. The first-order valence-corrected chi connectivity index (χ1v) is 9.14. The molecule has 26 heavy (non-hydrogen) atoms. The van der Waals surface area contributed by atoms with Crippen molar-refractivity contribution in [2.75, 3.05) is 37.8 Å². The van der Waals surface area contributed by atoms with E-state index < -0.39 is 0 Å². The number of benzene rings is 1. The Labute approximate surface area is 153 Å². The van der Waals surface area contributed by atoms with Crippen LogP contribution >= 0.6 is 0 Å². The van der Waals surface area contributed by atoms with E-state index in [1.807, 2.05) is 19.9 Å². The molecule has 7 nitrogen and oxygen atoms in total. The maximum absolute atomic E-state index is 12.4. The topological polar surface area (TPSA) is 77.1 Å². The Kier molecular flexibility index (Phi) is 5.98. The summed E-state index contributed by atoms with van der Waals surface area (Å²) in [5.74, 6) is 0.860. The lowest BCUT2D eigenvalue weighted by Crippen LogP contribution is -2.34. The Morgan fingerprint density at radius 2 is 2.08 bits per heavy atom.